The van der Waals surface area contributed by atoms with E-state index in [2.05, 4.69) is 11.5 Å². The van der Waals surface area contributed by atoms with Crippen molar-refractivity contribution in [3.05, 3.63) is 60.7 Å². The van der Waals surface area contributed by atoms with Crippen LogP contribution in [0.2, 0.25) is 0 Å². The molecule has 19 heavy (non-hydrogen) atoms. The fourth-order valence-electron chi connectivity index (χ4n) is 0.956. The Balaban J connectivity index is 0.000000261. The van der Waals surface area contributed by atoms with Gasteiger partial charge in [0.2, 0.25) is 0 Å². The van der Waals surface area contributed by atoms with E-state index in [0.717, 1.165) is 11.4 Å². The van der Waals surface area contributed by atoms with E-state index in [9.17, 15) is 0 Å². The molecule has 0 aliphatic heterocycles. The molecule has 2 rings (SSSR count). The summed E-state index contributed by atoms with van der Waals surface area (Å²) in [5.74, 6) is 0. The first kappa shape index (κ1) is 17.4. The quantitative estimate of drug-likeness (QED) is 0.546. The molecule has 7 heteroatoms. The summed E-state index contributed by atoms with van der Waals surface area (Å²) < 4.78 is 34.4. The van der Waals surface area contributed by atoms with Gasteiger partial charge in [-0.2, -0.15) is 0 Å². The zero-order valence-electron chi connectivity index (χ0n) is 10.2. The van der Waals surface area contributed by atoms with Crippen LogP contribution in [0.5, 0.6) is 0 Å². The first-order chi connectivity index (χ1) is 8.79. The average Bonchev–Trinajstić information content (AvgIpc) is 2.29. The largest absolute Gasteiger partial charge is 0.325 e. The van der Waals surface area contributed by atoms with Crippen LogP contribution in [0.25, 0.3) is 0 Å². The van der Waals surface area contributed by atoms with Gasteiger partial charge in [0.1, 0.15) is 11.4 Å². The van der Waals surface area contributed by atoms with Gasteiger partial charge in [-0.3, -0.25) is 0 Å². The Morgan fingerprint density at radius 2 is 0.895 bits per heavy atom. The third-order valence-corrected chi connectivity index (χ3v) is 1.69. The fourth-order valence-corrected chi connectivity index (χ4v) is 0.956. The molecule has 2 aromatic rings. The second-order valence-electron chi connectivity index (χ2n) is 3.38. The third-order valence-electron chi connectivity index (χ3n) is 1.69. The van der Waals surface area contributed by atoms with Crippen LogP contribution in [0.4, 0.5) is 11.4 Å². The minimum Gasteiger partial charge on any atom is -0.325 e. The smallest absolute Gasteiger partial charge is 0.127 e. The summed E-state index contributed by atoms with van der Waals surface area (Å²) in [5, 5.41) is 0. The molecule has 6 N–H and O–H groups in total. The number of hydrogen-bond acceptors (Lipinski definition) is 4. The van der Waals surface area contributed by atoms with Gasteiger partial charge in [0.25, 0.3) is 0 Å². The molecule has 0 aliphatic carbocycles. The summed E-state index contributed by atoms with van der Waals surface area (Å²) in [6.07, 6.45) is 0. The summed E-state index contributed by atoms with van der Waals surface area (Å²) in [5.41, 5.74) is 9.58. The van der Waals surface area contributed by atoms with Crippen LogP contribution < -0.4 is 19.8 Å². The minimum absolute atomic E-state index is 1.07. The van der Waals surface area contributed by atoms with Gasteiger partial charge in [0.05, 0.1) is 0 Å². The van der Waals surface area contributed by atoms with Crippen molar-refractivity contribution in [2.75, 3.05) is 0 Å². The van der Waals surface area contributed by atoms with Crippen LogP contribution in [0, 0.1) is 0 Å². The number of rotatable bonds is 0. The van der Waals surface area contributed by atoms with Gasteiger partial charge in [-0.05, 0) is 24.3 Å². The third kappa shape index (κ3) is 16.4. The average molecular weight is 331 g/mol. The predicted molar refractivity (Wildman–Crippen MR) is 65.1 cm³/mol. The van der Waals surface area contributed by atoms with Gasteiger partial charge in [-0.15, -0.1) is 0 Å². The maximum Gasteiger partial charge on any atom is 0.127 e. The molecule has 0 saturated carbocycles. The molecule has 104 valence electrons. The van der Waals surface area contributed by atoms with E-state index in [1.54, 1.807) is 0 Å². The van der Waals surface area contributed by atoms with Gasteiger partial charge >= 0.3 is 29.4 Å². The zero-order valence-corrected chi connectivity index (χ0v) is 11.9. The molecule has 0 unspecified atom stereocenters. The van der Waals surface area contributed by atoms with E-state index in [1.165, 1.54) is 0 Å². The Hall–Kier alpha value is -1.60. The molecule has 2 aromatic carbocycles. The molecule has 0 fully saturated rings. The summed E-state index contributed by atoms with van der Waals surface area (Å²) >= 11 is -5.75. The van der Waals surface area contributed by atoms with E-state index < -0.39 is 13.4 Å². The van der Waals surface area contributed by atoms with E-state index in [1.807, 2.05) is 60.7 Å². The van der Waals surface area contributed by atoms with Crippen LogP contribution >= 0.6 is 0 Å². The van der Waals surface area contributed by atoms with Crippen LogP contribution in [0.1, 0.15) is 0 Å². The monoisotopic (exact) mass is 332 g/mol. The molecular formula is C12H16N2O4Se. The van der Waals surface area contributed by atoms with Gasteiger partial charge in [-0.1, -0.05) is 36.4 Å². The number of hydrogen-bond donors (Lipinski definition) is 2. The molecule has 0 spiro atoms. The molecule has 0 atom stereocenters. The summed E-state index contributed by atoms with van der Waals surface area (Å²) in [7, 11) is 0. The Bertz CT molecular complexity index is 499. The molecule has 0 saturated heterocycles. The Morgan fingerprint density at radius 3 is 1.00 bits per heavy atom. The van der Waals surface area contributed by atoms with E-state index in [-0.39, 0.29) is 0 Å². The standard InChI is InChI=1S/2C6H7N.H2O4Se/c2*7-6-4-2-1-3-5-6;1-5(2,3)4/h2*1-5H,7H2;(H2,1,2,3,4). The molecule has 0 aromatic heterocycles. The molecule has 0 bridgehead atoms. The van der Waals surface area contributed by atoms with Crippen molar-refractivity contribution in [3.8, 4) is 0 Å². The zero-order chi connectivity index (χ0) is 14.7. The van der Waals surface area contributed by atoms with Crippen molar-refractivity contribution in [3.63, 3.8) is 0 Å². The van der Waals surface area contributed by atoms with Crippen molar-refractivity contribution < 1.29 is 27.5 Å². The topological polar surface area (TPSA) is 136 Å². The van der Waals surface area contributed by atoms with Crippen LogP contribution in [0.3, 0.4) is 0 Å². The normalized spacial score (nSPS) is 9.47. The van der Waals surface area contributed by atoms with E-state index >= 15 is 0 Å². The minimum atomic E-state index is -5.75. The first-order valence-electron chi connectivity index (χ1n) is 5.20. The SMILES string of the molecule is O=[Se](=O)([O-])[O-].[NH3+]c1ccccc1.[NH3+]c1ccccc1. The van der Waals surface area contributed by atoms with Crippen LogP contribution in [-0.2, 0) is 7.67 Å². The van der Waals surface area contributed by atoms with Gasteiger partial charge in [0.15, 0.2) is 0 Å². The molecule has 0 aliphatic rings. The second-order valence-corrected chi connectivity index (χ2v) is 5.09. The Labute approximate surface area is 113 Å². The Kier molecular flexibility index (Phi) is 8.56. The van der Waals surface area contributed by atoms with Gasteiger partial charge < -0.3 is 11.5 Å². The molecular weight excluding hydrogens is 315 g/mol. The van der Waals surface area contributed by atoms with E-state index in [4.69, 9.17) is 16.0 Å². The molecule has 6 nitrogen and oxygen atoms in total. The Morgan fingerprint density at radius 1 is 0.684 bits per heavy atom. The number of quaternary nitrogens is 2. The summed E-state index contributed by atoms with van der Waals surface area (Å²) in [4.78, 5) is 0. The van der Waals surface area contributed by atoms with Crippen LogP contribution in [0.15, 0.2) is 60.7 Å². The summed E-state index contributed by atoms with van der Waals surface area (Å²) in [6.45, 7) is 0. The van der Waals surface area contributed by atoms with Crippen LogP contribution in [-0.4, -0.2) is 13.4 Å². The van der Waals surface area contributed by atoms with Crippen molar-refractivity contribution in [1.82, 2.24) is 0 Å². The van der Waals surface area contributed by atoms with Crippen molar-refractivity contribution in [2.24, 2.45) is 0 Å². The van der Waals surface area contributed by atoms with Gasteiger partial charge in [0, 0.05) is 0 Å². The van der Waals surface area contributed by atoms with Crippen molar-refractivity contribution in [1.29, 1.82) is 0 Å². The molecule has 0 heterocycles. The molecule has 0 amide bonds. The maximum atomic E-state index is 8.59. The second kappa shape index (κ2) is 9.35. The van der Waals surface area contributed by atoms with Crippen molar-refractivity contribution in [2.45, 2.75) is 0 Å². The van der Waals surface area contributed by atoms with E-state index in [0.29, 0.717) is 0 Å². The maximum absolute atomic E-state index is 8.59. The first-order valence-corrected chi connectivity index (χ1v) is 7.99. The van der Waals surface area contributed by atoms with Crippen molar-refractivity contribution >= 4 is 24.7 Å². The molecule has 0 radical (unpaired) electrons. The summed E-state index contributed by atoms with van der Waals surface area (Å²) in [6, 6.07) is 19.7. The van der Waals surface area contributed by atoms with Gasteiger partial charge in [-0.25, -0.2) is 0 Å². The number of benzene rings is 2. The predicted octanol–water partition coefficient (Wildman–Crippen LogP) is -1.88. The fraction of sp³-hybridized carbons (Fsp3) is 0.